The number of hydrogen-bond donors (Lipinski definition) is 2. The molecule has 0 aliphatic carbocycles. The summed E-state index contributed by atoms with van der Waals surface area (Å²) in [5.74, 6) is 1.76. The lowest BCUT2D eigenvalue weighted by molar-refractivity contribution is 0.394. The van der Waals surface area contributed by atoms with Gasteiger partial charge in [0.25, 0.3) is 0 Å². The molecule has 7 heteroatoms. The summed E-state index contributed by atoms with van der Waals surface area (Å²) in [7, 11) is 3.19. The first-order valence-corrected chi connectivity index (χ1v) is 9.92. The van der Waals surface area contributed by atoms with Crippen molar-refractivity contribution in [2.75, 3.05) is 19.6 Å². The third-order valence-corrected chi connectivity index (χ3v) is 4.78. The highest BCUT2D eigenvalue weighted by molar-refractivity contribution is 5.84. The monoisotopic (exact) mass is 426 g/mol. The van der Waals surface area contributed by atoms with Gasteiger partial charge in [-0.25, -0.2) is 15.4 Å². The largest absolute Gasteiger partial charge is 0.507 e. The van der Waals surface area contributed by atoms with E-state index in [-0.39, 0.29) is 5.75 Å². The molecule has 0 amide bonds. The number of rotatable bonds is 7. The predicted molar refractivity (Wildman–Crippen MR) is 125 cm³/mol. The summed E-state index contributed by atoms with van der Waals surface area (Å²) in [4.78, 5) is 9.14. The Morgan fingerprint density at radius 1 is 0.844 bits per heavy atom. The van der Waals surface area contributed by atoms with Crippen LogP contribution in [0.3, 0.4) is 0 Å². The van der Waals surface area contributed by atoms with E-state index in [2.05, 4.69) is 20.5 Å². The zero-order valence-electron chi connectivity index (χ0n) is 17.7. The molecule has 3 aromatic carbocycles. The van der Waals surface area contributed by atoms with Crippen molar-refractivity contribution in [1.29, 1.82) is 0 Å². The highest BCUT2D eigenvalue weighted by Crippen LogP contribution is 2.30. The summed E-state index contributed by atoms with van der Waals surface area (Å²) in [6.07, 6.45) is 1.62. The second-order valence-corrected chi connectivity index (χ2v) is 6.82. The third kappa shape index (κ3) is 4.67. The van der Waals surface area contributed by atoms with Crippen molar-refractivity contribution in [1.82, 2.24) is 9.97 Å². The molecule has 0 saturated heterocycles. The normalized spacial score (nSPS) is 10.8. The molecule has 160 valence electrons. The van der Waals surface area contributed by atoms with Gasteiger partial charge in [-0.05, 0) is 30.3 Å². The predicted octanol–water partition coefficient (Wildman–Crippen LogP) is 4.98. The topological polar surface area (TPSA) is 88.9 Å². The van der Waals surface area contributed by atoms with Crippen LogP contribution in [0.15, 0.2) is 84.0 Å². The van der Waals surface area contributed by atoms with Crippen LogP contribution in [0.1, 0.15) is 5.56 Å². The fraction of sp³-hybridized carbons (Fsp3) is 0.0800. The van der Waals surface area contributed by atoms with Gasteiger partial charge in [0.2, 0.25) is 5.95 Å². The zero-order valence-corrected chi connectivity index (χ0v) is 17.7. The summed E-state index contributed by atoms with van der Waals surface area (Å²) in [5, 5.41) is 14.6. The van der Waals surface area contributed by atoms with Crippen molar-refractivity contribution in [3.63, 3.8) is 0 Å². The van der Waals surface area contributed by atoms with E-state index in [0.717, 1.165) is 11.1 Å². The van der Waals surface area contributed by atoms with Crippen LogP contribution in [0.2, 0.25) is 0 Å². The van der Waals surface area contributed by atoms with Gasteiger partial charge < -0.3 is 14.6 Å². The average Bonchev–Trinajstić information content (AvgIpc) is 2.85. The Balaban J connectivity index is 1.68. The Bertz CT molecular complexity index is 1240. The van der Waals surface area contributed by atoms with E-state index >= 15 is 0 Å². The Labute approximate surface area is 186 Å². The second kappa shape index (κ2) is 9.61. The van der Waals surface area contributed by atoms with Crippen LogP contribution < -0.4 is 14.9 Å². The summed E-state index contributed by atoms with van der Waals surface area (Å²) in [5.41, 5.74) is 6.48. The Kier molecular flexibility index (Phi) is 6.27. The molecule has 0 saturated carbocycles. The Morgan fingerprint density at radius 2 is 1.59 bits per heavy atom. The number of nitrogens with one attached hydrogen (secondary N) is 1. The van der Waals surface area contributed by atoms with Crippen molar-refractivity contribution in [2.45, 2.75) is 0 Å². The van der Waals surface area contributed by atoms with Crippen molar-refractivity contribution in [3.8, 4) is 39.8 Å². The first-order valence-electron chi connectivity index (χ1n) is 9.92. The van der Waals surface area contributed by atoms with E-state index in [1.807, 2.05) is 60.7 Å². The third-order valence-electron chi connectivity index (χ3n) is 4.78. The molecule has 1 aromatic heterocycles. The smallest absolute Gasteiger partial charge is 0.244 e. The number of anilines is 1. The van der Waals surface area contributed by atoms with Crippen LogP contribution in [0, 0.1) is 0 Å². The number of ether oxygens (including phenoxy) is 2. The highest BCUT2D eigenvalue weighted by Gasteiger charge is 2.11. The number of aromatic hydroxyl groups is 1. The van der Waals surface area contributed by atoms with Crippen molar-refractivity contribution in [2.24, 2.45) is 5.10 Å². The molecule has 0 bridgehead atoms. The molecule has 2 N–H and O–H groups in total. The van der Waals surface area contributed by atoms with Gasteiger partial charge in [-0.2, -0.15) is 5.10 Å². The molecule has 0 radical (unpaired) electrons. The number of methoxy groups -OCH3 is 2. The molecule has 7 nitrogen and oxygen atoms in total. The van der Waals surface area contributed by atoms with E-state index in [1.165, 1.54) is 0 Å². The Hall–Kier alpha value is -4.39. The maximum Gasteiger partial charge on any atom is 0.244 e. The average molecular weight is 426 g/mol. The molecule has 32 heavy (non-hydrogen) atoms. The summed E-state index contributed by atoms with van der Waals surface area (Å²) in [6.45, 7) is 0. The fourth-order valence-electron chi connectivity index (χ4n) is 3.17. The number of phenolic OH excluding ortho intramolecular Hbond substituents is 1. The van der Waals surface area contributed by atoms with E-state index in [0.29, 0.717) is 34.4 Å². The van der Waals surface area contributed by atoms with Gasteiger partial charge in [0, 0.05) is 22.8 Å². The van der Waals surface area contributed by atoms with Crippen LogP contribution in [0.25, 0.3) is 22.5 Å². The van der Waals surface area contributed by atoms with E-state index in [1.54, 1.807) is 38.6 Å². The maximum absolute atomic E-state index is 10.3. The van der Waals surface area contributed by atoms with E-state index in [9.17, 15) is 5.11 Å². The zero-order chi connectivity index (χ0) is 22.3. The first-order chi connectivity index (χ1) is 15.7. The Morgan fingerprint density at radius 3 is 2.34 bits per heavy atom. The minimum Gasteiger partial charge on any atom is -0.507 e. The van der Waals surface area contributed by atoms with Crippen LogP contribution in [-0.2, 0) is 0 Å². The molecular weight excluding hydrogens is 404 g/mol. The quantitative estimate of drug-likeness (QED) is 0.320. The first kappa shape index (κ1) is 20.9. The van der Waals surface area contributed by atoms with Crippen LogP contribution in [0.4, 0.5) is 5.95 Å². The van der Waals surface area contributed by atoms with Crippen LogP contribution >= 0.6 is 0 Å². The molecule has 4 rings (SSSR count). The van der Waals surface area contributed by atoms with Crippen LogP contribution in [-0.4, -0.2) is 35.5 Å². The maximum atomic E-state index is 10.3. The van der Waals surface area contributed by atoms with Gasteiger partial charge in [-0.15, -0.1) is 0 Å². The molecule has 0 spiro atoms. The number of aromatic nitrogens is 2. The molecule has 0 aliphatic rings. The number of hydrogen-bond acceptors (Lipinski definition) is 7. The highest BCUT2D eigenvalue weighted by atomic mass is 16.5. The SMILES string of the molecule is COc1ccc(/C=N/Nc2nc(-c3ccccc3)cc(-c3ccccc3O)n2)c(OC)c1. The number of benzene rings is 3. The van der Waals surface area contributed by atoms with Gasteiger partial charge in [0.05, 0.1) is 31.8 Å². The van der Waals surface area contributed by atoms with Gasteiger partial charge in [-0.1, -0.05) is 42.5 Å². The lowest BCUT2D eigenvalue weighted by Crippen LogP contribution is -2.01. The van der Waals surface area contributed by atoms with Gasteiger partial charge >= 0.3 is 0 Å². The summed E-state index contributed by atoms with van der Waals surface area (Å²) in [6, 6.07) is 24.1. The van der Waals surface area contributed by atoms with Crippen molar-refractivity contribution >= 4 is 12.2 Å². The van der Waals surface area contributed by atoms with Crippen molar-refractivity contribution in [3.05, 3.63) is 84.4 Å². The fourth-order valence-corrected chi connectivity index (χ4v) is 3.17. The number of para-hydroxylation sites is 1. The standard InChI is InChI=1S/C25H22N4O3/c1-31-19-13-12-18(24(14-19)32-2)16-26-29-25-27-21(17-8-4-3-5-9-17)15-22(28-25)20-10-6-7-11-23(20)30/h3-16,30H,1-2H3,(H,27,28,29)/b26-16+. The second-order valence-electron chi connectivity index (χ2n) is 6.82. The molecule has 0 atom stereocenters. The van der Waals surface area contributed by atoms with Gasteiger partial charge in [-0.3, -0.25) is 0 Å². The summed E-state index contributed by atoms with van der Waals surface area (Å²) < 4.78 is 10.6. The molecule has 0 fully saturated rings. The number of phenols is 1. The van der Waals surface area contributed by atoms with Crippen molar-refractivity contribution < 1.29 is 14.6 Å². The van der Waals surface area contributed by atoms with Gasteiger partial charge in [0.15, 0.2) is 0 Å². The number of hydrazone groups is 1. The molecule has 0 unspecified atom stereocenters. The minimum absolute atomic E-state index is 0.141. The van der Waals surface area contributed by atoms with E-state index < -0.39 is 0 Å². The lowest BCUT2D eigenvalue weighted by Gasteiger charge is -2.10. The molecule has 1 heterocycles. The minimum atomic E-state index is 0.141. The van der Waals surface area contributed by atoms with Crippen LogP contribution in [0.5, 0.6) is 17.2 Å². The van der Waals surface area contributed by atoms with E-state index in [4.69, 9.17) is 9.47 Å². The lowest BCUT2D eigenvalue weighted by atomic mass is 10.1. The molecule has 4 aromatic rings. The number of nitrogens with zero attached hydrogens (tertiary/aromatic N) is 3. The molecular formula is C25H22N4O3. The summed E-state index contributed by atoms with van der Waals surface area (Å²) >= 11 is 0. The molecule has 0 aliphatic heterocycles. The van der Waals surface area contributed by atoms with Gasteiger partial charge in [0.1, 0.15) is 17.2 Å².